The number of phenolic OH excluding ortho intramolecular Hbond substituents is 1. The summed E-state index contributed by atoms with van der Waals surface area (Å²) in [5, 5.41) is 47.1. The normalized spacial score (nSPS) is 26.5. The second-order valence-corrected chi connectivity index (χ2v) is 10.7. The fraction of sp³-hybridized carbons (Fsp3) is 0.462. The van der Waals surface area contributed by atoms with E-state index in [1.165, 1.54) is 19.0 Å². The lowest BCUT2D eigenvalue weighted by Gasteiger charge is -2.50. The molecule has 210 valence electrons. The summed E-state index contributed by atoms with van der Waals surface area (Å²) in [6.07, 6.45) is -0.310. The van der Waals surface area contributed by atoms with Gasteiger partial charge in [0.15, 0.2) is 11.4 Å². The number of primary amides is 1. The van der Waals surface area contributed by atoms with Gasteiger partial charge in [0.2, 0.25) is 11.7 Å². The van der Waals surface area contributed by atoms with Crippen molar-refractivity contribution in [1.82, 2.24) is 15.1 Å². The van der Waals surface area contributed by atoms with E-state index in [0.717, 1.165) is 6.07 Å². The van der Waals surface area contributed by atoms with Gasteiger partial charge in [-0.15, -0.1) is 0 Å². The Balaban J connectivity index is 1.84. The molecule has 3 aliphatic carbocycles. The molecule has 0 bridgehead atoms. The minimum atomic E-state index is -2.78. The van der Waals surface area contributed by atoms with Crippen LogP contribution in [-0.4, -0.2) is 100.0 Å². The average Bonchev–Trinajstić information content (AvgIpc) is 2.81. The van der Waals surface area contributed by atoms with Crippen molar-refractivity contribution in [3.05, 3.63) is 45.5 Å². The Kier molecular flexibility index (Phi) is 7.04. The van der Waals surface area contributed by atoms with Gasteiger partial charge < -0.3 is 36.4 Å². The second-order valence-electron chi connectivity index (χ2n) is 10.7. The lowest BCUT2D eigenvalue weighted by Crippen LogP contribution is -2.65. The molecule has 0 radical (unpaired) electrons. The number of aliphatic hydroxyl groups is 3. The van der Waals surface area contributed by atoms with Crippen molar-refractivity contribution in [2.45, 2.75) is 31.0 Å². The van der Waals surface area contributed by atoms with Gasteiger partial charge in [0, 0.05) is 29.2 Å². The summed E-state index contributed by atoms with van der Waals surface area (Å²) in [5.74, 6) is -9.28. The number of aromatic hydroxyl groups is 1. The highest BCUT2D eigenvalue weighted by molar-refractivity contribution is 6.24. The molecule has 4 rings (SSSR count). The van der Waals surface area contributed by atoms with Gasteiger partial charge in [-0.25, -0.2) is 4.39 Å². The number of amides is 2. The predicted octanol–water partition coefficient (Wildman–Crippen LogP) is -0.719. The van der Waals surface area contributed by atoms with Gasteiger partial charge in [-0.2, -0.15) is 0 Å². The maximum atomic E-state index is 15.3. The van der Waals surface area contributed by atoms with Gasteiger partial charge in [0.1, 0.15) is 28.7 Å². The maximum absolute atomic E-state index is 15.3. The highest BCUT2D eigenvalue weighted by atomic mass is 19.1. The molecular weight excluding hydrogens is 515 g/mol. The van der Waals surface area contributed by atoms with E-state index in [9.17, 15) is 39.6 Å². The van der Waals surface area contributed by atoms with Crippen LogP contribution in [-0.2, 0) is 32.1 Å². The van der Waals surface area contributed by atoms with Crippen molar-refractivity contribution >= 4 is 29.1 Å². The van der Waals surface area contributed by atoms with E-state index in [2.05, 4.69) is 5.32 Å². The lowest BCUT2D eigenvalue weighted by atomic mass is 9.57. The molecular formula is C26H31FN4O8. The third-order valence-corrected chi connectivity index (χ3v) is 7.68. The first-order chi connectivity index (χ1) is 18.1. The number of aliphatic hydroxyl groups excluding tert-OH is 2. The third-order valence-electron chi connectivity index (χ3n) is 7.68. The topological polar surface area (TPSA) is 194 Å². The molecule has 0 aliphatic heterocycles. The Morgan fingerprint density at radius 1 is 1.18 bits per heavy atom. The number of hydrogen-bond acceptors (Lipinski definition) is 10. The van der Waals surface area contributed by atoms with Gasteiger partial charge in [-0.1, -0.05) is 0 Å². The molecule has 1 fully saturated rings. The Labute approximate surface area is 223 Å². The molecule has 1 aromatic carbocycles. The number of carbonyl (C=O) groups excluding carboxylic acids is 4. The largest absolute Gasteiger partial charge is 0.508 e. The van der Waals surface area contributed by atoms with Crippen molar-refractivity contribution in [3.8, 4) is 5.75 Å². The summed E-state index contributed by atoms with van der Waals surface area (Å²) in [4.78, 5) is 54.0. The Bertz CT molecular complexity index is 1370. The van der Waals surface area contributed by atoms with E-state index >= 15 is 4.39 Å². The number of phenols is 1. The fourth-order valence-corrected chi connectivity index (χ4v) is 5.99. The predicted molar refractivity (Wildman–Crippen MR) is 135 cm³/mol. The molecule has 0 heterocycles. The summed E-state index contributed by atoms with van der Waals surface area (Å²) in [6, 6.07) is -0.196. The number of carbonyl (C=O) groups is 4. The van der Waals surface area contributed by atoms with Gasteiger partial charge in [-0.3, -0.25) is 24.1 Å². The lowest BCUT2D eigenvalue weighted by molar-refractivity contribution is -0.153. The summed E-state index contributed by atoms with van der Waals surface area (Å²) in [5.41, 5.74) is 0.710. The van der Waals surface area contributed by atoms with Crippen molar-refractivity contribution in [1.29, 1.82) is 0 Å². The molecule has 1 saturated carbocycles. The Morgan fingerprint density at radius 3 is 2.38 bits per heavy atom. The molecule has 1 aromatic rings. The summed E-state index contributed by atoms with van der Waals surface area (Å²) < 4.78 is 15.3. The molecule has 13 heteroatoms. The fourth-order valence-electron chi connectivity index (χ4n) is 5.99. The minimum absolute atomic E-state index is 0.0418. The minimum Gasteiger partial charge on any atom is -0.508 e. The van der Waals surface area contributed by atoms with Crippen molar-refractivity contribution in [2.75, 3.05) is 34.7 Å². The highest BCUT2D eigenvalue weighted by Gasteiger charge is 2.64. The quantitative estimate of drug-likeness (QED) is 0.248. The van der Waals surface area contributed by atoms with Crippen LogP contribution < -0.4 is 11.1 Å². The third kappa shape index (κ3) is 4.26. The van der Waals surface area contributed by atoms with Gasteiger partial charge >= 0.3 is 0 Å². The zero-order chi connectivity index (χ0) is 29.1. The van der Waals surface area contributed by atoms with Crippen LogP contribution in [0.1, 0.15) is 23.1 Å². The van der Waals surface area contributed by atoms with E-state index in [4.69, 9.17) is 5.73 Å². The molecule has 0 saturated heterocycles. The summed E-state index contributed by atoms with van der Waals surface area (Å²) in [7, 11) is 6.34. The van der Waals surface area contributed by atoms with Crippen LogP contribution in [0, 0.1) is 17.7 Å². The first kappa shape index (κ1) is 28.2. The molecule has 39 heavy (non-hydrogen) atoms. The molecule has 4 atom stereocenters. The second kappa shape index (κ2) is 9.74. The van der Waals surface area contributed by atoms with Gasteiger partial charge in [0.05, 0.1) is 18.2 Å². The molecule has 0 spiro atoms. The monoisotopic (exact) mass is 546 g/mol. The van der Waals surface area contributed by atoms with Gasteiger partial charge in [-0.05, 0) is 53.0 Å². The molecule has 3 aliphatic rings. The van der Waals surface area contributed by atoms with E-state index in [1.807, 2.05) is 0 Å². The van der Waals surface area contributed by atoms with Gasteiger partial charge in [0.25, 0.3) is 5.91 Å². The number of nitrogens with one attached hydrogen (secondary N) is 1. The number of nitrogens with zero attached hydrogens (tertiary/aromatic N) is 2. The van der Waals surface area contributed by atoms with Crippen LogP contribution >= 0.6 is 0 Å². The van der Waals surface area contributed by atoms with Crippen LogP contribution in [0.2, 0.25) is 0 Å². The number of nitrogens with two attached hydrogens (primary N) is 1. The highest BCUT2D eigenvalue weighted by Crippen LogP contribution is 2.53. The Morgan fingerprint density at radius 2 is 1.82 bits per heavy atom. The van der Waals surface area contributed by atoms with E-state index in [1.54, 1.807) is 19.0 Å². The van der Waals surface area contributed by atoms with Crippen molar-refractivity contribution in [3.63, 3.8) is 0 Å². The first-order valence-corrected chi connectivity index (χ1v) is 12.2. The SMILES string of the molecule is CN(C)CC(=O)NCc1cc(F)c2c(c1O)C(O)=C1C(=O)[C@]3(O)C(O)=C(C(N)=O)C(=O)[C@@H](N(C)C)[C@@H]3C[C@@H]1C2. The van der Waals surface area contributed by atoms with Crippen molar-refractivity contribution in [2.24, 2.45) is 17.6 Å². The molecule has 0 unspecified atom stereocenters. The Hall–Kier alpha value is -3.81. The van der Waals surface area contributed by atoms with Crippen LogP contribution in [0.5, 0.6) is 5.75 Å². The zero-order valence-corrected chi connectivity index (χ0v) is 21.9. The summed E-state index contributed by atoms with van der Waals surface area (Å²) in [6.45, 7) is -0.229. The summed E-state index contributed by atoms with van der Waals surface area (Å²) >= 11 is 0. The number of hydrogen-bond donors (Lipinski definition) is 6. The average molecular weight is 547 g/mol. The first-order valence-electron chi connectivity index (χ1n) is 12.2. The maximum Gasteiger partial charge on any atom is 0.255 e. The standard InChI is InChI=1S/C26H31FN4O8/c1-30(2)9-15(32)29-8-11-7-14(27)12-5-10-6-13-19(31(3)4)22(35)18(25(28)38)24(37)26(13,39)23(36)16(10)21(34)17(12)20(11)33/h7,10,13,19,33-34,37,39H,5-6,8-9H2,1-4H3,(H2,28,38)(H,29,32)/t10-,13-,19-,26-/m0/s1. The molecule has 2 amide bonds. The molecule has 12 nitrogen and oxygen atoms in total. The van der Waals surface area contributed by atoms with E-state index in [0.29, 0.717) is 0 Å². The number of Topliss-reactive ketones (excluding diaryl/α,β-unsaturated/α-hetero) is 2. The number of fused-ring (bicyclic) bond motifs is 3. The number of benzene rings is 1. The van der Waals surface area contributed by atoms with E-state index < -0.39 is 75.5 Å². The van der Waals surface area contributed by atoms with Crippen LogP contribution in [0.4, 0.5) is 4.39 Å². The number of ketones is 2. The van der Waals surface area contributed by atoms with E-state index in [-0.39, 0.29) is 48.2 Å². The van der Waals surface area contributed by atoms with Crippen molar-refractivity contribution < 1.29 is 44.0 Å². The zero-order valence-electron chi connectivity index (χ0n) is 21.9. The molecule has 7 N–H and O–H groups in total. The molecule has 0 aromatic heterocycles. The van der Waals surface area contributed by atoms with Crippen LogP contribution in [0.3, 0.4) is 0 Å². The van der Waals surface area contributed by atoms with Crippen LogP contribution in [0.25, 0.3) is 5.76 Å². The van der Waals surface area contributed by atoms with Crippen LogP contribution in [0.15, 0.2) is 23.0 Å². The number of likely N-dealkylation sites (N-methyl/N-ethyl adjacent to an activating group) is 2. The smallest absolute Gasteiger partial charge is 0.255 e. The number of rotatable bonds is 6. The number of halogens is 1.